The van der Waals surface area contributed by atoms with E-state index in [0.29, 0.717) is 0 Å². The average Bonchev–Trinajstić information content (AvgIpc) is 3.08. The van der Waals surface area contributed by atoms with Crippen LogP contribution in [0, 0.1) is 11.8 Å². The van der Waals surface area contributed by atoms with Gasteiger partial charge in [0.25, 0.3) is 0 Å². The molecule has 0 radical (unpaired) electrons. The van der Waals surface area contributed by atoms with Gasteiger partial charge in [0.2, 0.25) is 0 Å². The van der Waals surface area contributed by atoms with Crippen molar-refractivity contribution in [3.05, 3.63) is 0 Å². The van der Waals surface area contributed by atoms with Gasteiger partial charge in [0, 0.05) is 25.6 Å². The summed E-state index contributed by atoms with van der Waals surface area (Å²) in [6, 6.07) is 0. The van der Waals surface area contributed by atoms with Gasteiger partial charge in [0.15, 0.2) is 0 Å². The van der Waals surface area contributed by atoms with Crippen molar-refractivity contribution in [1.29, 1.82) is 0 Å². The van der Waals surface area contributed by atoms with E-state index in [0.717, 1.165) is 18.4 Å². The van der Waals surface area contributed by atoms with Crippen LogP contribution in [0.4, 0.5) is 0 Å². The van der Waals surface area contributed by atoms with Crippen LogP contribution in [0.5, 0.6) is 0 Å². The number of fused-ring (bicyclic) bond motifs is 1. The number of aliphatic imine (C=N–C) groups is 1. The molecule has 0 aromatic carbocycles. The maximum absolute atomic E-state index is 5.09. The largest absolute Gasteiger partial charge is 0.360 e. The molecule has 0 N–H and O–H groups in total. The van der Waals surface area contributed by atoms with Crippen molar-refractivity contribution < 1.29 is 0 Å². The molecule has 1 saturated heterocycles. The average molecular weight is 489 g/mol. The van der Waals surface area contributed by atoms with Crippen molar-refractivity contribution in [2.45, 2.75) is 174 Å². The molecule has 0 aromatic heterocycles. The lowest BCUT2D eigenvalue weighted by Gasteiger charge is -2.33. The monoisotopic (exact) mass is 489 g/mol. The first-order valence-corrected chi connectivity index (χ1v) is 16.6. The molecule has 2 aliphatic rings. The molecule has 2 aliphatic heterocycles. The van der Waals surface area contributed by atoms with Crippen LogP contribution in [0.1, 0.15) is 174 Å². The molecule has 0 aliphatic carbocycles. The summed E-state index contributed by atoms with van der Waals surface area (Å²) in [4.78, 5) is 7.77. The second kappa shape index (κ2) is 21.5. The molecule has 206 valence electrons. The predicted molar refractivity (Wildman–Crippen MR) is 158 cm³/mol. The predicted octanol–water partition coefficient (Wildman–Crippen LogP) is 10.7. The summed E-state index contributed by atoms with van der Waals surface area (Å²) in [7, 11) is 0. The van der Waals surface area contributed by atoms with Gasteiger partial charge in [-0.05, 0) is 31.6 Å². The molecule has 2 unspecified atom stereocenters. The van der Waals surface area contributed by atoms with E-state index in [1.54, 1.807) is 0 Å². The molecular weight excluding hydrogens is 424 g/mol. The maximum atomic E-state index is 5.09. The molecular formula is C33H64N2. The second-order valence-electron chi connectivity index (χ2n) is 12.1. The topological polar surface area (TPSA) is 15.6 Å². The number of hydrogen-bond acceptors (Lipinski definition) is 2. The minimum absolute atomic E-state index is 0.764. The Labute approximate surface area is 221 Å². The van der Waals surface area contributed by atoms with Gasteiger partial charge in [-0.25, -0.2) is 0 Å². The smallest absolute Gasteiger partial charge is 0.102 e. The third-order valence-electron chi connectivity index (χ3n) is 8.83. The number of nitrogens with zero attached hydrogens (tertiary/aromatic N) is 2. The van der Waals surface area contributed by atoms with Crippen molar-refractivity contribution in [1.82, 2.24) is 4.90 Å². The Morgan fingerprint density at radius 3 is 1.66 bits per heavy atom. The summed E-state index contributed by atoms with van der Waals surface area (Å²) in [6.07, 6.45) is 36.1. The Hall–Kier alpha value is -0.530. The van der Waals surface area contributed by atoms with E-state index in [1.165, 1.54) is 179 Å². The standard InChI is InChI=1S/C33H64N2/c1-3-5-7-9-11-13-14-16-18-20-25-31(24-19-17-15-12-10-8-6-4-2)30-32-26-21-22-28-35-29-23-27-34-33(32)35/h31-32H,3-30H2,1-2H3. The fourth-order valence-electron chi connectivity index (χ4n) is 6.60. The van der Waals surface area contributed by atoms with Crippen molar-refractivity contribution in [3.63, 3.8) is 0 Å². The zero-order chi connectivity index (χ0) is 24.8. The lowest BCUT2D eigenvalue weighted by molar-refractivity contribution is 0.326. The maximum Gasteiger partial charge on any atom is 0.102 e. The van der Waals surface area contributed by atoms with E-state index in [1.807, 2.05) is 0 Å². The van der Waals surface area contributed by atoms with Crippen LogP contribution in [0.3, 0.4) is 0 Å². The summed E-state index contributed by atoms with van der Waals surface area (Å²) in [5.41, 5.74) is 0. The molecule has 0 aromatic rings. The summed E-state index contributed by atoms with van der Waals surface area (Å²) in [6.45, 7) is 8.27. The molecule has 0 spiro atoms. The van der Waals surface area contributed by atoms with Crippen LogP contribution in [0.15, 0.2) is 4.99 Å². The Morgan fingerprint density at radius 1 is 0.629 bits per heavy atom. The molecule has 2 atom stereocenters. The SMILES string of the molecule is CCCCCCCCCCCCC(CCCCCCCCCC)CC1CCCCN2CCCN=C12. The fourth-order valence-corrected chi connectivity index (χ4v) is 6.60. The molecule has 0 amide bonds. The molecule has 1 fully saturated rings. The van der Waals surface area contributed by atoms with Crippen LogP contribution >= 0.6 is 0 Å². The molecule has 2 rings (SSSR count). The second-order valence-corrected chi connectivity index (χ2v) is 12.1. The lowest BCUT2D eigenvalue weighted by Crippen LogP contribution is -2.39. The Kier molecular flexibility index (Phi) is 18.9. The molecule has 2 nitrogen and oxygen atoms in total. The lowest BCUT2D eigenvalue weighted by atomic mass is 9.83. The van der Waals surface area contributed by atoms with Crippen LogP contribution in [0.2, 0.25) is 0 Å². The first-order chi connectivity index (χ1) is 17.3. The fraction of sp³-hybridized carbons (Fsp3) is 0.970. The van der Waals surface area contributed by atoms with Crippen molar-refractivity contribution >= 4 is 5.84 Å². The zero-order valence-corrected chi connectivity index (χ0v) is 24.3. The van der Waals surface area contributed by atoms with Crippen molar-refractivity contribution in [3.8, 4) is 0 Å². The number of rotatable bonds is 22. The van der Waals surface area contributed by atoms with Crippen LogP contribution in [-0.2, 0) is 0 Å². The molecule has 2 heterocycles. The summed E-state index contributed by atoms with van der Waals surface area (Å²) in [5.74, 6) is 3.23. The Morgan fingerprint density at radius 2 is 1.11 bits per heavy atom. The van der Waals surface area contributed by atoms with Crippen LogP contribution in [-0.4, -0.2) is 30.4 Å². The van der Waals surface area contributed by atoms with E-state index in [2.05, 4.69) is 18.7 Å². The third-order valence-corrected chi connectivity index (χ3v) is 8.83. The summed E-state index contributed by atoms with van der Waals surface area (Å²) < 4.78 is 0. The highest BCUT2D eigenvalue weighted by molar-refractivity contribution is 5.85. The molecule has 2 heteroatoms. The highest BCUT2D eigenvalue weighted by Crippen LogP contribution is 2.32. The van der Waals surface area contributed by atoms with Gasteiger partial charge < -0.3 is 4.90 Å². The molecule has 0 saturated carbocycles. The van der Waals surface area contributed by atoms with Gasteiger partial charge in [-0.3, -0.25) is 4.99 Å². The zero-order valence-electron chi connectivity index (χ0n) is 24.3. The first kappa shape index (κ1) is 30.7. The number of amidine groups is 1. The van der Waals surface area contributed by atoms with E-state index in [9.17, 15) is 0 Å². The Balaban J connectivity index is 1.70. The third kappa shape index (κ3) is 14.7. The van der Waals surface area contributed by atoms with Crippen LogP contribution < -0.4 is 0 Å². The quantitative estimate of drug-likeness (QED) is 0.138. The molecule has 35 heavy (non-hydrogen) atoms. The van der Waals surface area contributed by atoms with Gasteiger partial charge in [-0.2, -0.15) is 0 Å². The summed E-state index contributed by atoms with van der Waals surface area (Å²) in [5, 5.41) is 0. The highest BCUT2D eigenvalue weighted by atomic mass is 15.2. The van der Waals surface area contributed by atoms with E-state index < -0.39 is 0 Å². The number of hydrogen-bond donors (Lipinski definition) is 0. The summed E-state index contributed by atoms with van der Waals surface area (Å²) >= 11 is 0. The van der Waals surface area contributed by atoms with Gasteiger partial charge in [-0.15, -0.1) is 0 Å². The molecule has 0 bridgehead atoms. The van der Waals surface area contributed by atoms with Gasteiger partial charge >= 0.3 is 0 Å². The van der Waals surface area contributed by atoms with E-state index >= 15 is 0 Å². The number of unbranched alkanes of at least 4 members (excludes halogenated alkanes) is 16. The van der Waals surface area contributed by atoms with Crippen molar-refractivity contribution in [2.75, 3.05) is 19.6 Å². The van der Waals surface area contributed by atoms with Crippen LogP contribution in [0.25, 0.3) is 0 Å². The minimum Gasteiger partial charge on any atom is -0.360 e. The van der Waals surface area contributed by atoms with Gasteiger partial charge in [0.05, 0.1) is 0 Å². The highest BCUT2D eigenvalue weighted by Gasteiger charge is 2.28. The van der Waals surface area contributed by atoms with Gasteiger partial charge in [-0.1, -0.05) is 149 Å². The minimum atomic E-state index is 0.764. The Bertz CT molecular complexity index is 499. The van der Waals surface area contributed by atoms with E-state index in [4.69, 9.17) is 4.99 Å². The van der Waals surface area contributed by atoms with Crippen molar-refractivity contribution in [2.24, 2.45) is 16.8 Å². The van der Waals surface area contributed by atoms with E-state index in [-0.39, 0.29) is 0 Å². The normalized spacial score (nSPS) is 19.3. The van der Waals surface area contributed by atoms with Gasteiger partial charge in [0.1, 0.15) is 5.84 Å². The first-order valence-electron chi connectivity index (χ1n) is 16.6.